The molecular formula is C10H16N4. The summed E-state index contributed by atoms with van der Waals surface area (Å²) in [6.07, 6.45) is 6.05. The summed E-state index contributed by atoms with van der Waals surface area (Å²) in [5, 5.41) is 6.78. The Labute approximate surface area is 84.2 Å². The first kappa shape index (κ1) is 9.40. The molecule has 0 amide bonds. The molecule has 2 heterocycles. The van der Waals surface area contributed by atoms with Gasteiger partial charge in [-0.05, 0) is 32.9 Å². The minimum Gasteiger partial charge on any atom is -0.380 e. The summed E-state index contributed by atoms with van der Waals surface area (Å²) in [6.45, 7) is 4.10. The van der Waals surface area contributed by atoms with Crippen LogP contribution < -0.4 is 10.6 Å². The van der Waals surface area contributed by atoms with Crippen LogP contribution >= 0.6 is 0 Å². The van der Waals surface area contributed by atoms with E-state index in [0.717, 1.165) is 24.6 Å². The molecule has 1 aliphatic rings. The van der Waals surface area contributed by atoms with Gasteiger partial charge in [-0.1, -0.05) is 0 Å². The van der Waals surface area contributed by atoms with Crippen molar-refractivity contribution in [2.24, 2.45) is 0 Å². The molecular weight excluding hydrogens is 176 g/mol. The van der Waals surface area contributed by atoms with Gasteiger partial charge in [-0.15, -0.1) is 0 Å². The number of hydrogen-bond donors (Lipinski definition) is 2. The van der Waals surface area contributed by atoms with Gasteiger partial charge < -0.3 is 10.6 Å². The molecule has 1 aromatic heterocycles. The van der Waals surface area contributed by atoms with E-state index in [0.29, 0.717) is 6.04 Å². The second kappa shape index (κ2) is 4.37. The number of nitrogens with zero attached hydrogens (tertiary/aromatic N) is 2. The lowest BCUT2D eigenvalue weighted by Gasteiger charge is -2.24. The van der Waals surface area contributed by atoms with Crippen LogP contribution in [0, 0.1) is 6.92 Å². The molecule has 0 bridgehead atoms. The van der Waals surface area contributed by atoms with Gasteiger partial charge in [-0.25, -0.2) is 9.97 Å². The highest BCUT2D eigenvalue weighted by Gasteiger charge is 2.12. The lowest BCUT2D eigenvalue weighted by Crippen LogP contribution is -2.35. The summed E-state index contributed by atoms with van der Waals surface area (Å²) in [4.78, 5) is 8.31. The zero-order valence-electron chi connectivity index (χ0n) is 8.45. The zero-order chi connectivity index (χ0) is 9.80. The van der Waals surface area contributed by atoms with Gasteiger partial charge in [0.2, 0.25) is 0 Å². The molecule has 1 saturated heterocycles. The van der Waals surface area contributed by atoms with Crippen molar-refractivity contribution in [3.05, 3.63) is 18.2 Å². The minimum atomic E-state index is 0.572. The van der Waals surface area contributed by atoms with Gasteiger partial charge in [-0.2, -0.15) is 0 Å². The third-order valence-corrected chi connectivity index (χ3v) is 2.49. The Morgan fingerprint density at radius 2 is 1.93 bits per heavy atom. The summed E-state index contributed by atoms with van der Waals surface area (Å²) in [7, 11) is 0. The monoisotopic (exact) mass is 192 g/mol. The molecule has 1 fully saturated rings. The number of piperidine rings is 1. The second-order valence-electron chi connectivity index (χ2n) is 3.69. The van der Waals surface area contributed by atoms with Crippen molar-refractivity contribution in [3.8, 4) is 0 Å². The van der Waals surface area contributed by atoms with E-state index in [4.69, 9.17) is 0 Å². The van der Waals surface area contributed by atoms with Crippen LogP contribution in [0.15, 0.2) is 12.4 Å². The third-order valence-electron chi connectivity index (χ3n) is 2.49. The standard InChI is InChI=1S/C10H16N4/c1-8-12-6-10(7-13-8)14-9-2-4-11-5-3-9/h6-7,9,11,14H,2-5H2,1H3. The van der Waals surface area contributed by atoms with Crippen LogP contribution in [-0.2, 0) is 0 Å². The van der Waals surface area contributed by atoms with E-state index in [9.17, 15) is 0 Å². The Bertz CT molecular complexity index is 277. The minimum absolute atomic E-state index is 0.572. The second-order valence-corrected chi connectivity index (χ2v) is 3.69. The molecule has 2 N–H and O–H groups in total. The van der Waals surface area contributed by atoms with Crippen molar-refractivity contribution < 1.29 is 0 Å². The number of nitrogens with one attached hydrogen (secondary N) is 2. The highest BCUT2D eigenvalue weighted by Crippen LogP contribution is 2.10. The molecule has 0 aromatic carbocycles. The van der Waals surface area contributed by atoms with Crippen molar-refractivity contribution >= 4 is 5.69 Å². The van der Waals surface area contributed by atoms with Gasteiger partial charge in [0.15, 0.2) is 0 Å². The lowest BCUT2D eigenvalue weighted by molar-refractivity contribution is 0.479. The quantitative estimate of drug-likeness (QED) is 0.732. The lowest BCUT2D eigenvalue weighted by atomic mass is 10.1. The fourth-order valence-corrected chi connectivity index (χ4v) is 1.67. The summed E-state index contributed by atoms with van der Waals surface area (Å²) >= 11 is 0. The Hall–Kier alpha value is -1.16. The maximum absolute atomic E-state index is 4.16. The average molecular weight is 192 g/mol. The maximum atomic E-state index is 4.16. The van der Waals surface area contributed by atoms with Crippen LogP contribution in [0.5, 0.6) is 0 Å². The molecule has 2 rings (SSSR count). The van der Waals surface area contributed by atoms with Crippen molar-refractivity contribution in [1.29, 1.82) is 0 Å². The Kier molecular flexibility index (Phi) is 2.93. The number of hydrogen-bond acceptors (Lipinski definition) is 4. The predicted octanol–water partition coefficient (Wildman–Crippen LogP) is 0.949. The van der Waals surface area contributed by atoms with Crippen LogP contribution in [0.1, 0.15) is 18.7 Å². The van der Waals surface area contributed by atoms with Crippen molar-refractivity contribution in [1.82, 2.24) is 15.3 Å². The summed E-state index contributed by atoms with van der Waals surface area (Å²) in [5.74, 6) is 0.820. The van der Waals surface area contributed by atoms with Crippen LogP contribution in [0.4, 0.5) is 5.69 Å². The molecule has 4 nitrogen and oxygen atoms in total. The fourth-order valence-electron chi connectivity index (χ4n) is 1.67. The van der Waals surface area contributed by atoms with Gasteiger partial charge >= 0.3 is 0 Å². The highest BCUT2D eigenvalue weighted by molar-refractivity contribution is 5.38. The maximum Gasteiger partial charge on any atom is 0.125 e. The fraction of sp³-hybridized carbons (Fsp3) is 0.600. The number of anilines is 1. The molecule has 0 saturated carbocycles. The van der Waals surface area contributed by atoms with Crippen LogP contribution in [0.25, 0.3) is 0 Å². The smallest absolute Gasteiger partial charge is 0.125 e. The van der Waals surface area contributed by atoms with Gasteiger partial charge in [0, 0.05) is 6.04 Å². The van der Waals surface area contributed by atoms with E-state index in [1.807, 2.05) is 19.3 Å². The van der Waals surface area contributed by atoms with Gasteiger partial charge in [0.1, 0.15) is 5.82 Å². The van der Waals surface area contributed by atoms with E-state index in [1.54, 1.807) is 0 Å². The Morgan fingerprint density at radius 1 is 1.29 bits per heavy atom. The molecule has 4 heteroatoms. The SMILES string of the molecule is Cc1ncc(NC2CCNCC2)cn1. The first-order valence-electron chi connectivity index (χ1n) is 5.10. The van der Waals surface area contributed by atoms with Crippen LogP contribution in [0.2, 0.25) is 0 Å². The molecule has 0 unspecified atom stereocenters. The molecule has 76 valence electrons. The van der Waals surface area contributed by atoms with Crippen LogP contribution in [0.3, 0.4) is 0 Å². The molecule has 0 aliphatic carbocycles. The number of aryl methyl sites for hydroxylation is 1. The largest absolute Gasteiger partial charge is 0.380 e. The van der Waals surface area contributed by atoms with E-state index < -0.39 is 0 Å². The van der Waals surface area contributed by atoms with Crippen molar-refractivity contribution in [2.75, 3.05) is 18.4 Å². The van der Waals surface area contributed by atoms with Gasteiger partial charge in [0.05, 0.1) is 18.1 Å². The van der Waals surface area contributed by atoms with E-state index >= 15 is 0 Å². The first-order chi connectivity index (χ1) is 6.84. The molecule has 14 heavy (non-hydrogen) atoms. The molecule has 0 atom stereocenters. The highest BCUT2D eigenvalue weighted by atomic mass is 15.0. The van der Waals surface area contributed by atoms with Crippen molar-refractivity contribution in [3.63, 3.8) is 0 Å². The van der Waals surface area contributed by atoms with Crippen LogP contribution in [-0.4, -0.2) is 29.1 Å². The van der Waals surface area contributed by atoms with E-state index in [-0.39, 0.29) is 0 Å². The van der Waals surface area contributed by atoms with E-state index in [1.165, 1.54) is 12.8 Å². The van der Waals surface area contributed by atoms with Crippen molar-refractivity contribution in [2.45, 2.75) is 25.8 Å². The number of rotatable bonds is 2. The molecule has 1 aliphatic heterocycles. The first-order valence-corrected chi connectivity index (χ1v) is 5.10. The predicted molar refractivity (Wildman–Crippen MR) is 56.3 cm³/mol. The summed E-state index contributed by atoms with van der Waals surface area (Å²) < 4.78 is 0. The van der Waals surface area contributed by atoms with Gasteiger partial charge in [0.25, 0.3) is 0 Å². The average Bonchev–Trinajstić information content (AvgIpc) is 2.23. The summed E-state index contributed by atoms with van der Waals surface area (Å²) in [5.41, 5.74) is 1.03. The van der Waals surface area contributed by atoms with E-state index in [2.05, 4.69) is 20.6 Å². The Balaban J connectivity index is 1.92. The zero-order valence-corrected chi connectivity index (χ0v) is 8.45. The third kappa shape index (κ3) is 2.42. The summed E-state index contributed by atoms with van der Waals surface area (Å²) in [6, 6.07) is 0.572. The van der Waals surface area contributed by atoms with Gasteiger partial charge in [-0.3, -0.25) is 0 Å². The molecule has 0 radical (unpaired) electrons. The normalized spacial score (nSPS) is 18.1. The topological polar surface area (TPSA) is 49.8 Å². The Morgan fingerprint density at radius 3 is 2.57 bits per heavy atom. The number of aromatic nitrogens is 2. The molecule has 1 aromatic rings. The molecule has 0 spiro atoms.